The van der Waals surface area contributed by atoms with Crippen LogP contribution in [-0.4, -0.2) is 61.4 Å². The molecule has 1 heterocycles. The van der Waals surface area contributed by atoms with Crippen LogP contribution in [0.25, 0.3) is 0 Å². The molecule has 0 spiro atoms. The van der Waals surface area contributed by atoms with Gasteiger partial charge >= 0.3 is 0 Å². The maximum absolute atomic E-state index is 11.7. The summed E-state index contributed by atoms with van der Waals surface area (Å²) in [5, 5.41) is 13.0. The molecule has 0 aliphatic carbocycles. The van der Waals surface area contributed by atoms with Crippen molar-refractivity contribution in [2.75, 3.05) is 39.9 Å². The molecule has 0 bridgehead atoms. The van der Waals surface area contributed by atoms with Crippen molar-refractivity contribution in [2.24, 2.45) is 0 Å². The molecule has 1 aliphatic rings. The van der Waals surface area contributed by atoms with Gasteiger partial charge in [0.15, 0.2) is 0 Å². The Bertz CT molecular complexity index is 238. The van der Waals surface area contributed by atoms with E-state index in [4.69, 9.17) is 4.74 Å². The molecule has 1 aliphatic heterocycles. The van der Waals surface area contributed by atoms with Gasteiger partial charge in [-0.25, -0.2) is 0 Å². The van der Waals surface area contributed by atoms with Crippen LogP contribution in [0.2, 0.25) is 0 Å². The summed E-state index contributed by atoms with van der Waals surface area (Å²) in [5.74, 6) is 0.130. The summed E-state index contributed by atoms with van der Waals surface area (Å²) in [4.78, 5) is 13.6. The first-order chi connectivity index (χ1) is 8.05. The van der Waals surface area contributed by atoms with E-state index in [0.29, 0.717) is 26.1 Å². The monoisotopic (exact) mass is 244 g/mol. The second kappa shape index (κ2) is 6.93. The molecule has 0 aromatic heterocycles. The van der Waals surface area contributed by atoms with E-state index in [1.807, 2.05) is 4.90 Å². The van der Waals surface area contributed by atoms with Gasteiger partial charge in [0.2, 0.25) is 5.91 Å². The minimum atomic E-state index is -0.818. The fourth-order valence-corrected chi connectivity index (χ4v) is 1.93. The first-order valence-corrected chi connectivity index (χ1v) is 6.25. The zero-order valence-electron chi connectivity index (χ0n) is 10.9. The maximum atomic E-state index is 11.7. The van der Waals surface area contributed by atoms with E-state index in [2.05, 4.69) is 5.32 Å². The van der Waals surface area contributed by atoms with E-state index in [1.54, 1.807) is 14.0 Å². The molecule has 1 atom stereocenters. The number of rotatable bonds is 7. The maximum Gasteiger partial charge on any atom is 0.236 e. The van der Waals surface area contributed by atoms with Gasteiger partial charge in [-0.3, -0.25) is 4.79 Å². The summed E-state index contributed by atoms with van der Waals surface area (Å²) in [5.41, 5.74) is -0.818. The van der Waals surface area contributed by atoms with E-state index in [1.165, 1.54) is 0 Å². The van der Waals surface area contributed by atoms with Crippen LogP contribution in [0.15, 0.2) is 0 Å². The number of nitrogens with zero attached hydrogens (tertiary/aromatic N) is 1. The van der Waals surface area contributed by atoms with Crippen LogP contribution >= 0.6 is 0 Å². The summed E-state index contributed by atoms with van der Waals surface area (Å²) in [6, 6.07) is 0. The lowest BCUT2D eigenvalue weighted by Gasteiger charge is -2.24. The molecule has 17 heavy (non-hydrogen) atoms. The number of carbonyl (C=O) groups is 1. The highest BCUT2D eigenvalue weighted by Crippen LogP contribution is 2.08. The third-order valence-corrected chi connectivity index (χ3v) is 3.09. The topological polar surface area (TPSA) is 61.8 Å². The molecule has 1 rings (SSSR count). The second-order valence-corrected chi connectivity index (χ2v) is 4.93. The second-order valence-electron chi connectivity index (χ2n) is 4.93. The van der Waals surface area contributed by atoms with Gasteiger partial charge in [-0.2, -0.15) is 0 Å². The van der Waals surface area contributed by atoms with Crippen molar-refractivity contribution in [1.29, 1.82) is 0 Å². The smallest absolute Gasteiger partial charge is 0.236 e. The fourth-order valence-electron chi connectivity index (χ4n) is 1.93. The Hall–Kier alpha value is -0.650. The van der Waals surface area contributed by atoms with Crippen molar-refractivity contribution >= 4 is 5.91 Å². The van der Waals surface area contributed by atoms with Gasteiger partial charge in [0.25, 0.3) is 0 Å². The van der Waals surface area contributed by atoms with E-state index in [-0.39, 0.29) is 5.91 Å². The van der Waals surface area contributed by atoms with Crippen LogP contribution in [0.5, 0.6) is 0 Å². The molecule has 5 heteroatoms. The van der Waals surface area contributed by atoms with Gasteiger partial charge in [0.1, 0.15) is 0 Å². The number of carbonyl (C=O) groups excluding carboxylic acids is 1. The van der Waals surface area contributed by atoms with Gasteiger partial charge in [0, 0.05) is 39.8 Å². The van der Waals surface area contributed by atoms with Crippen molar-refractivity contribution in [3.63, 3.8) is 0 Å². The van der Waals surface area contributed by atoms with E-state index >= 15 is 0 Å². The highest BCUT2D eigenvalue weighted by atomic mass is 16.5. The third-order valence-electron chi connectivity index (χ3n) is 3.09. The van der Waals surface area contributed by atoms with Crippen molar-refractivity contribution in [1.82, 2.24) is 10.2 Å². The Balaban J connectivity index is 2.15. The predicted octanol–water partition coefficient (Wildman–Crippen LogP) is -0.0141. The fraction of sp³-hybridized carbons (Fsp3) is 0.917. The van der Waals surface area contributed by atoms with Crippen molar-refractivity contribution in [2.45, 2.75) is 31.8 Å². The molecule has 1 unspecified atom stereocenters. The number of amides is 1. The highest BCUT2D eigenvalue weighted by molar-refractivity contribution is 5.78. The number of hydrogen-bond donors (Lipinski definition) is 2. The summed E-state index contributed by atoms with van der Waals surface area (Å²) >= 11 is 0. The molecule has 0 aromatic carbocycles. The summed E-state index contributed by atoms with van der Waals surface area (Å²) in [7, 11) is 1.61. The minimum Gasteiger partial charge on any atom is -0.389 e. The van der Waals surface area contributed by atoms with Crippen molar-refractivity contribution < 1.29 is 14.6 Å². The van der Waals surface area contributed by atoms with Gasteiger partial charge in [-0.05, 0) is 19.8 Å². The van der Waals surface area contributed by atoms with E-state index < -0.39 is 5.60 Å². The molecule has 100 valence electrons. The van der Waals surface area contributed by atoms with E-state index in [0.717, 1.165) is 25.9 Å². The highest BCUT2D eigenvalue weighted by Gasteiger charge is 2.21. The standard InChI is InChI=1S/C12H24N2O3/c1-12(16,5-8-17-2)10-13-9-11(15)14-6-3-4-7-14/h13,16H,3-10H2,1-2H3. The molecule has 1 fully saturated rings. The molecule has 0 saturated carbocycles. The Morgan fingerprint density at radius 3 is 2.71 bits per heavy atom. The summed E-state index contributed by atoms with van der Waals surface area (Å²) in [6.07, 6.45) is 2.78. The van der Waals surface area contributed by atoms with Gasteiger partial charge in [0.05, 0.1) is 12.1 Å². The summed E-state index contributed by atoms with van der Waals surface area (Å²) in [6.45, 7) is 4.74. The van der Waals surface area contributed by atoms with Crippen LogP contribution in [0.3, 0.4) is 0 Å². The Kier molecular flexibility index (Phi) is 5.88. The molecule has 1 saturated heterocycles. The number of likely N-dealkylation sites (tertiary alicyclic amines) is 1. The lowest BCUT2D eigenvalue weighted by Crippen LogP contribution is -2.43. The zero-order chi connectivity index (χ0) is 12.7. The Morgan fingerprint density at radius 1 is 1.47 bits per heavy atom. The molecular weight excluding hydrogens is 220 g/mol. The van der Waals surface area contributed by atoms with Crippen LogP contribution in [0.4, 0.5) is 0 Å². The van der Waals surface area contributed by atoms with Crippen molar-refractivity contribution in [3.05, 3.63) is 0 Å². The average Bonchev–Trinajstić information content (AvgIpc) is 2.79. The number of methoxy groups -OCH3 is 1. The number of hydrogen-bond acceptors (Lipinski definition) is 4. The lowest BCUT2D eigenvalue weighted by molar-refractivity contribution is -0.129. The Labute approximate surface area is 103 Å². The molecular formula is C12H24N2O3. The lowest BCUT2D eigenvalue weighted by atomic mass is 10.0. The largest absolute Gasteiger partial charge is 0.389 e. The molecule has 5 nitrogen and oxygen atoms in total. The van der Waals surface area contributed by atoms with Crippen LogP contribution < -0.4 is 5.32 Å². The van der Waals surface area contributed by atoms with Gasteiger partial charge < -0.3 is 20.1 Å². The normalized spacial score (nSPS) is 19.4. The van der Waals surface area contributed by atoms with Gasteiger partial charge in [-0.15, -0.1) is 0 Å². The predicted molar refractivity (Wildman–Crippen MR) is 65.8 cm³/mol. The van der Waals surface area contributed by atoms with Crippen molar-refractivity contribution in [3.8, 4) is 0 Å². The first-order valence-electron chi connectivity index (χ1n) is 6.25. The van der Waals surface area contributed by atoms with Crippen LogP contribution in [-0.2, 0) is 9.53 Å². The van der Waals surface area contributed by atoms with Crippen LogP contribution in [0.1, 0.15) is 26.2 Å². The SMILES string of the molecule is COCCC(C)(O)CNCC(=O)N1CCCC1. The van der Waals surface area contributed by atoms with Crippen LogP contribution in [0, 0.1) is 0 Å². The van der Waals surface area contributed by atoms with Gasteiger partial charge in [-0.1, -0.05) is 0 Å². The number of ether oxygens (including phenoxy) is 1. The Morgan fingerprint density at radius 2 is 2.12 bits per heavy atom. The third kappa shape index (κ3) is 5.48. The zero-order valence-corrected chi connectivity index (χ0v) is 10.9. The van der Waals surface area contributed by atoms with E-state index in [9.17, 15) is 9.90 Å². The minimum absolute atomic E-state index is 0.130. The molecule has 1 amide bonds. The molecule has 0 aromatic rings. The molecule has 0 radical (unpaired) electrons. The average molecular weight is 244 g/mol. The first kappa shape index (κ1) is 14.4. The number of nitrogens with one attached hydrogen (secondary N) is 1. The quantitative estimate of drug-likeness (QED) is 0.661. The molecule has 2 N–H and O–H groups in total. The summed E-state index contributed by atoms with van der Waals surface area (Å²) < 4.78 is 4.92. The number of aliphatic hydroxyl groups is 1.